The van der Waals surface area contributed by atoms with Gasteiger partial charge in [0.15, 0.2) is 6.29 Å². The number of carbonyl (C=O) groups is 1. The van der Waals surface area contributed by atoms with E-state index in [-0.39, 0.29) is 12.5 Å². The smallest absolute Gasteiger partial charge is 0.220 e. The zero-order chi connectivity index (χ0) is 57.2. The lowest BCUT2D eigenvalue weighted by Crippen LogP contribution is -2.60. The molecule has 9 nitrogen and oxygen atoms in total. The molecule has 79 heavy (non-hydrogen) atoms. The van der Waals surface area contributed by atoms with E-state index in [0.29, 0.717) is 6.42 Å². The number of aliphatic hydroxyl groups excluding tert-OH is 5. The fraction of sp³-hybridized carbons (Fsp3) is 0.929. The maximum absolute atomic E-state index is 13.1. The van der Waals surface area contributed by atoms with E-state index < -0.39 is 49.5 Å². The Morgan fingerprint density at radius 2 is 0.722 bits per heavy atom. The average Bonchev–Trinajstić information content (AvgIpc) is 3.47. The van der Waals surface area contributed by atoms with Gasteiger partial charge in [0.1, 0.15) is 24.4 Å². The van der Waals surface area contributed by atoms with Gasteiger partial charge in [-0.1, -0.05) is 346 Å². The van der Waals surface area contributed by atoms with Crippen LogP contribution < -0.4 is 5.32 Å². The summed E-state index contributed by atoms with van der Waals surface area (Å²) in [5.74, 6) is -0.180. The van der Waals surface area contributed by atoms with E-state index in [1.54, 1.807) is 6.08 Å². The van der Waals surface area contributed by atoms with Crippen molar-refractivity contribution in [1.82, 2.24) is 5.32 Å². The molecule has 1 aliphatic heterocycles. The van der Waals surface area contributed by atoms with Crippen LogP contribution in [0.5, 0.6) is 0 Å². The standard InChI is InChI=1S/C70H135NO8/c1-3-5-7-9-11-13-15-17-19-20-21-22-23-24-25-26-27-28-29-30-31-32-33-34-35-36-37-38-39-40-41-42-43-44-46-48-50-52-54-56-58-60-66(74)71-63(62-78-70-69(77)68(76)67(75)65(61-72)79-70)64(73)59-57-55-53-51-49-47-45-18-16-14-12-10-8-6-4-2/h49,51,57,59,63-65,67-70,72-73,75-77H,3-48,50,52-56,58,60-62H2,1-2H3,(H,71,74)/b51-49+,59-57+. The van der Waals surface area contributed by atoms with Crippen LogP contribution in [-0.2, 0) is 14.3 Å². The first-order valence-electron chi connectivity index (χ1n) is 35.1. The molecule has 1 fully saturated rings. The molecule has 0 bridgehead atoms. The van der Waals surface area contributed by atoms with Crippen molar-refractivity contribution in [2.75, 3.05) is 13.2 Å². The van der Waals surface area contributed by atoms with Gasteiger partial charge in [-0.3, -0.25) is 4.79 Å². The highest BCUT2D eigenvalue weighted by molar-refractivity contribution is 5.76. The lowest BCUT2D eigenvalue weighted by Gasteiger charge is -2.40. The molecule has 468 valence electrons. The quantitative estimate of drug-likeness (QED) is 0.0261. The molecule has 0 aromatic heterocycles. The highest BCUT2D eigenvalue weighted by atomic mass is 16.7. The van der Waals surface area contributed by atoms with E-state index in [1.165, 1.54) is 302 Å². The van der Waals surface area contributed by atoms with E-state index in [1.807, 2.05) is 6.08 Å². The minimum absolute atomic E-state index is 0.180. The molecule has 1 amide bonds. The molecule has 1 heterocycles. The fourth-order valence-corrected chi connectivity index (χ4v) is 11.5. The van der Waals surface area contributed by atoms with E-state index in [2.05, 4.69) is 31.3 Å². The Kier molecular flexibility index (Phi) is 57.3. The first-order valence-corrected chi connectivity index (χ1v) is 35.1. The minimum atomic E-state index is -1.57. The summed E-state index contributed by atoms with van der Waals surface area (Å²) in [6.07, 6.45) is 71.8. The van der Waals surface area contributed by atoms with E-state index in [9.17, 15) is 30.3 Å². The molecule has 0 aliphatic carbocycles. The summed E-state index contributed by atoms with van der Waals surface area (Å²) in [6.45, 7) is 3.80. The van der Waals surface area contributed by atoms with Crippen LogP contribution in [0, 0.1) is 0 Å². The number of nitrogens with one attached hydrogen (secondary N) is 1. The zero-order valence-electron chi connectivity index (χ0n) is 52.4. The average molecular weight is 1120 g/mol. The zero-order valence-corrected chi connectivity index (χ0v) is 52.4. The number of hydrogen-bond acceptors (Lipinski definition) is 8. The molecule has 0 aromatic rings. The van der Waals surface area contributed by atoms with Crippen LogP contribution in [0.15, 0.2) is 24.3 Å². The van der Waals surface area contributed by atoms with Crippen molar-refractivity contribution in [2.45, 2.75) is 403 Å². The number of rotatable bonds is 62. The summed E-state index contributed by atoms with van der Waals surface area (Å²) >= 11 is 0. The maximum atomic E-state index is 13.1. The summed E-state index contributed by atoms with van der Waals surface area (Å²) in [7, 11) is 0. The SMILES string of the molecule is CCCCCCCCCCC/C=C/CC/C=C/C(O)C(COC1OC(CO)C(O)C(O)C1O)NC(=O)CCCCCCCCCCCCCCCCCCCCCCCCCCCCCCCCCCCCCCCCCCC. The number of amides is 1. The predicted molar refractivity (Wildman–Crippen MR) is 337 cm³/mol. The van der Waals surface area contributed by atoms with Crippen molar-refractivity contribution >= 4 is 5.91 Å². The lowest BCUT2D eigenvalue weighted by molar-refractivity contribution is -0.302. The Hall–Kier alpha value is -1.33. The summed E-state index contributed by atoms with van der Waals surface area (Å²) in [4.78, 5) is 13.1. The third kappa shape index (κ3) is 48.7. The summed E-state index contributed by atoms with van der Waals surface area (Å²) in [5, 5.41) is 54.5. The van der Waals surface area contributed by atoms with Gasteiger partial charge in [-0.25, -0.2) is 0 Å². The molecule has 9 heteroatoms. The molecule has 0 saturated carbocycles. The molecule has 7 atom stereocenters. The molecule has 0 radical (unpaired) electrons. The van der Waals surface area contributed by atoms with Crippen LogP contribution in [0.3, 0.4) is 0 Å². The molecule has 6 N–H and O–H groups in total. The van der Waals surface area contributed by atoms with Gasteiger partial charge in [-0.05, 0) is 32.1 Å². The van der Waals surface area contributed by atoms with Crippen LogP contribution in [0.1, 0.15) is 361 Å². The molecule has 0 aromatic carbocycles. The number of carbonyl (C=O) groups excluding carboxylic acids is 1. The van der Waals surface area contributed by atoms with E-state index >= 15 is 0 Å². The largest absolute Gasteiger partial charge is 0.394 e. The van der Waals surface area contributed by atoms with Gasteiger partial charge in [-0.2, -0.15) is 0 Å². The number of unbranched alkanes of at least 4 members (excludes halogenated alkanes) is 50. The van der Waals surface area contributed by atoms with E-state index in [0.717, 1.165) is 38.5 Å². The molecule has 1 aliphatic rings. The second kappa shape index (κ2) is 59.8. The first-order chi connectivity index (χ1) is 38.8. The van der Waals surface area contributed by atoms with Gasteiger partial charge in [0.25, 0.3) is 0 Å². The van der Waals surface area contributed by atoms with Crippen LogP contribution in [0.4, 0.5) is 0 Å². The second-order valence-electron chi connectivity index (χ2n) is 24.7. The van der Waals surface area contributed by atoms with Crippen LogP contribution in [-0.4, -0.2) is 87.5 Å². The molecule has 1 saturated heterocycles. The Morgan fingerprint density at radius 1 is 0.418 bits per heavy atom. The Balaban J connectivity index is 2.00. The van der Waals surface area contributed by atoms with Crippen molar-refractivity contribution in [3.8, 4) is 0 Å². The second-order valence-corrected chi connectivity index (χ2v) is 24.7. The number of hydrogen-bond donors (Lipinski definition) is 6. The maximum Gasteiger partial charge on any atom is 0.220 e. The van der Waals surface area contributed by atoms with Crippen LogP contribution in [0.25, 0.3) is 0 Å². The van der Waals surface area contributed by atoms with Crippen LogP contribution >= 0.6 is 0 Å². The van der Waals surface area contributed by atoms with Crippen molar-refractivity contribution in [3.63, 3.8) is 0 Å². The summed E-state index contributed by atoms with van der Waals surface area (Å²) in [6, 6.07) is -0.819. The van der Waals surface area contributed by atoms with Crippen molar-refractivity contribution in [1.29, 1.82) is 0 Å². The van der Waals surface area contributed by atoms with Crippen molar-refractivity contribution in [2.24, 2.45) is 0 Å². The summed E-state index contributed by atoms with van der Waals surface area (Å²) < 4.78 is 11.3. The molecule has 0 spiro atoms. The highest BCUT2D eigenvalue weighted by Crippen LogP contribution is 2.23. The van der Waals surface area contributed by atoms with E-state index in [4.69, 9.17) is 9.47 Å². The Morgan fingerprint density at radius 3 is 1.06 bits per heavy atom. The Bertz CT molecular complexity index is 1300. The van der Waals surface area contributed by atoms with Gasteiger partial charge < -0.3 is 40.3 Å². The predicted octanol–water partition coefficient (Wildman–Crippen LogP) is 18.9. The lowest BCUT2D eigenvalue weighted by atomic mass is 9.99. The molecular weight excluding hydrogens is 983 g/mol. The van der Waals surface area contributed by atoms with Gasteiger partial charge in [0, 0.05) is 6.42 Å². The topological polar surface area (TPSA) is 149 Å². The van der Waals surface area contributed by atoms with Gasteiger partial charge in [0.2, 0.25) is 5.91 Å². The fourth-order valence-electron chi connectivity index (χ4n) is 11.5. The van der Waals surface area contributed by atoms with Crippen molar-refractivity contribution < 1.29 is 39.8 Å². The molecular formula is C70H135NO8. The molecule has 7 unspecified atom stereocenters. The third-order valence-electron chi connectivity index (χ3n) is 17.0. The third-order valence-corrected chi connectivity index (χ3v) is 17.0. The number of aliphatic hydroxyl groups is 5. The highest BCUT2D eigenvalue weighted by Gasteiger charge is 2.44. The van der Waals surface area contributed by atoms with Crippen LogP contribution in [0.2, 0.25) is 0 Å². The monoisotopic (exact) mass is 1120 g/mol. The Labute approximate surface area is 489 Å². The molecule has 1 rings (SSSR count). The number of ether oxygens (including phenoxy) is 2. The first kappa shape index (κ1) is 75.7. The normalized spacial score (nSPS) is 18.6. The number of allylic oxidation sites excluding steroid dienone is 3. The summed E-state index contributed by atoms with van der Waals surface area (Å²) in [5.41, 5.74) is 0. The minimum Gasteiger partial charge on any atom is -0.394 e. The van der Waals surface area contributed by atoms with Gasteiger partial charge in [-0.15, -0.1) is 0 Å². The van der Waals surface area contributed by atoms with Crippen molar-refractivity contribution in [3.05, 3.63) is 24.3 Å². The van der Waals surface area contributed by atoms with Gasteiger partial charge in [0.05, 0.1) is 25.4 Å². The van der Waals surface area contributed by atoms with Gasteiger partial charge >= 0.3 is 0 Å².